The maximum atomic E-state index is 14.6. The molecule has 1 aliphatic carbocycles. The molecule has 486 valence electrons. The molecule has 0 radical (unpaired) electrons. The summed E-state index contributed by atoms with van der Waals surface area (Å²) in [4.78, 5) is 126. The minimum atomic E-state index is -4.59. The van der Waals surface area contributed by atoms with Crippen molar-refractivity contribution in [2.45, 2.75) is 185 Å². The van der Waals surface area contributed by atoms with Crippen molar-refractivity contribution < 1.29 is 66.1 Å². The van der Waals surface area contributed by atoms with Crippen LogP contribution in [0.3, 0.4) is 0 Å². The van der Waals surface area contributed by atoms with Crippen LogP contribution in [0, 0.1) is 29.6 Å². The van der Waals surface area contributed by atoms with Gasteiger partial charge >= 0.3 is 12.1 Å². The van der Waals surface area contributed by atoms with Gasteiger partial charge in [-0.1, -0.05) is 111 Å². The van der Waals surface area contributed by atoms with E-state index in [4.69, 9.17) is 15.2 Å². The fraction of sp³-hybridized carbons (Fsp3) is 0.656. The van der Waals surface area contributed by atoms with Crippen molar-refractivity contribution in [3.63, 3.8) is 0 Å². The smallest absolute Gasteiger partial charge is 0.405 e. The van der Waals surface area contributed by atoms with E-state index < -0.39 is 118 Å². The molecule has 10 amide bonds. The summed E-state index contributed by atoms with van der Waals surface area (Å²) in [6, 6.07) is 7.23. The molecule has 26 heteroatoms. The number of sulfonamides is 1. The van der Waals surface area contributed by atoms with Crippen LogP contribution in [0.25, 0.3) is 0 Å². The highest BCUT2D eigenvalue weighted by Gasteiger charge is 2.48. The number of carbonyl (C=O) groups excluding carboxylic acids is 8. The van der Waals surface area contributed by atoms with Gasteiger partial charge in [-0.3, -0.25) is 38.5 Å². The second-order valence-corrected chi connectivity index (χ2v) is 26.1. The molecule has 1 saturated heterocycles. The number of urea groups is 1. The van der Waals surface area contributed by atoms with Gasteiger partial charge in [0.25, 0.3) is 15.9 Å². The molecule has 1 aliphatic heterocycles. The highest BCUT2D eigenvalue weighted by Crippen LogP contribution is 2.46. The Bertz CT molecular complexity index is 2770. The van der Waals surface area contributed by atoms with Crippen molar-refractivity contribution in [1.29, 1.82) is 0 Å². The molecule has 2 aliphatic rings. The predicted molar refractivity (Wildman–Crippen MR) is 327 cm³/mol. The first-order valence-electron chi connectivity index (χ1n) is 30.1. The fourth-order valence-electron chi connectivity index (χ4n) is 11.6. The molecule has 0 spiro atoms. The van der Waals surface area contributed by atoms with Crippen molar-refractivity contribution in [3.8, 4) is 0 Å². The Morgan fingerprint density at radius 1 is 0.747 bits per heavy atom. The van der Waals surface area contributed by atoms with Gasteiger partial charge in [-0.2, -0.15) is 0 Å². The molecule has 87 heavy (non-hydrogen) atoms. The summed E-state index contributed by atoms with van der Waals surface area (Å²) in [7, 11) is 3.66. The number of nitrogens with one attached hydrogen (secondary N) is 7. The van der Waals surface area contributed by atoms with E-state index in [1.165, 1.54) is 38.5 Å². The van der Waals surface area contributed by atoms with Crippen LogP contribution >= 0.6 is 0 Å². The lowest BCUT2D eigenvalue weighted by Gasteiger charge is -2.41. The van der Waals surface area contributed by atoms with Gasteiger partial charge in [-0.25, -0.2) is 22.7 Å². The molecule has 0 bridgehead atoms. The Hall–Kier alpha value is -6.90. The van der Waals surface area contributed by atoms with Gasteiger partial charge in [-0.15, -0.1) is 0 Å². The average molecular weight is 1240 g/mol. The van der Waals surface area contributed by atoms with E-state index in [2.05, 4.69) is 36.6 Å². The molecular formula is C61H97N11O14S. The highest BCUT2D eigenvalue weighted by atomic mass is 32.2. The Labute approximate surface area is 513 Å². The summed E-state index contributed by atoms with van der Waals surface area (Å²) in [5, 5.41) is 25.3. The average Bonchev–Trinajstić information content (AvgIpc) is 1.73. The van der Waals surface area contributed by atoms with Gasteiger partial charge in [0.15, 0.2) is 0 Å². The summed E-state index contributed by atoms with van der Waals surface area (Å²) >= 11 is 0. The molecule has 2 fully saturated rings. The molecule has 0 aromatic heterocycles. The van der Waals surface area contributed by atoms with Crippen molar-refractivity contribution in [3.05, 3.63) is 65.7 Å². The maximum Gasteiger partial charge on any atom is 0.405 e. The first-order chi connectivity index (χ1) is 40.8. The maximum absolute atomic E-state index is 14.6. The number of methoxy groups -OCH3 is 2. The molecule has 0 unspecified atom stereocenters. The van der Waals surface area contributed by atoms with Gasteiger partial charge < -0.3 is 62.0 Å². The first-order valence-corrected chi connectivity index (χ1v) is 31.6. The first kappa shape index (κ1) is 72.6. The van der Waals surface area contributed by atoms with Crippen LogP contribution < -0.4 is 42.4 Å². The molecule has 25 nitrogen and oxygen atoms in total. The molecule has 4 rings (SSSR count). The minimum Gasteiger partial charge on any atom is -0.465 e. The van der Waals surface area contributed by atoms with Crippen molar-refractivity contribution >= 4 is 63.5 Å². The van der Waals surface area contributed by atoms with Crippen LogP contribution in [-0.2, 0) is 65.0 Å². The second kappa shape index (κ2) is 32.9. The number of carbonyl (C=O) groups is 9. The number of amides is 10. The Morgan fingerprint density at radius 2 is 1.36 bits per heavy atom. The number of likely N-dealkylation sites (tertiary alicyclic amines) is 1. The lowest BCUT2D eigenvalue weighted by Crippen LogP contribution is -2.59. The Kier molecular flexibility index (Phi) is 27.4. The summed E-state index contributed by atoms with van der Waals surface area (Å²) in [6.07, 6.45) is -0.395. The van der Waals surface area contributed by atoms with Gasteiger partial charge in [0.1, 0.15) is 24.2 Å². The number of primary amides is 1. The van der Waals surface area contributed by atoms with E-state index >= 15 is 0 Å². The van der Waals surface area contributed by atoms with E-state index in [0.29, 0.717) is 49.8 Å². The van der Waals surface area contributed by atoms with Crippen LogP contribution in [0.2, 0.25) is 0 Å². The molecule has 1 heterocycles. The highest BCUT2D eigenvalue weighted by molar-refractivity contribution is 7.90. The van der Waals surface area contributed by atoms with Crippen molar-refractivity contribution in [2.75, 3.05) is 48.5 Å². The summed E-state index contributed by atoms with van der Waals surface area (Å²) in [5.74, 6) is -5.72. The lowest BCUT2D eigenvalue weighted by molar-refractivity contribution is -0.148. The van der Waals surface area contributed by atoms with Crippen LogP contribution in [-0.4, -0.2) is 185 Å². The number of hydrogen-bond acceptors (Lipinski definition) is 14. The summed E-state index contributed by atoms with van der Waals surface area (Å²) in [5.41, 5.74) is 5.38. The van der Waals surface area contributed by atoms with Crippen LogP contribution in [0.4, 0.5) is 9.59 Å². The van der Waals surface area contributed by atoms with Gasteiger partial charge in [0, 0.05) is 40.8 Å². The fourth-order valence-corrected chi connectivity index (χ4v) is 12.7. The molecular weight excluding hydrogens is 1140 g/mol. The topological polar surface area (TPSA) is 346 Å². The molecule has 2 aromatic carbocycles. The third-order valence-corrected chi connectivity index (χ3v) is 18.1. The zero-order valence-electron chi connectivity index (χ0n) is 53.1. The predicted octanol–water partition coefficient (Wildman–Crippen LogP) is 3.20. The van der Waals surface area contributed by atoms with Gasteiger partial charge in [-0.05, 0) is 99.6 Å². The van der Waals surface area contributed by atoms with E-state index in [9.17, 15) is 56.7 Å². The third kappa shape index (κ3) is 20.1. The zero-order valence-corrected chi connectivity index (χ0v) is 54.0. The Morgan fingerprint density at radius 3 is 1.87 bits per heavy atom. The SMILES string of the molecule is CC[C@H](C)[C@@H]([C@@H](CC(=O)N1CCC[C@H]1[C@H](OC)[C@@H](C)C(=O)N[C@@H](Cc1ccccc1)C(=O)NS(=O)(=O)c1ccc(C2(NC(=O)[C@H](CCCNC(N)=O)NC(=O)[C@@H](NC(=O)O)C(C)C)CC2)cc1)OC)N(C)C(=O)[C@@H](NC(=O)[C@H](C(C)C)N(C)C)C(C)C. The van der Waals surface area contributed by atoms with E-state index in [1.807, 2.05) is 60.5 Å². The standard InChI is InChI=1S/C61H97N11O14S/c1-15-38(8)51(71(12)58(79)49(36(4)5)66-57(78)50(37(6)7)70(10)11)46(85-13)34-47(73)72-32-20-24-45(72)52(86-14)39(9)53(74)65-44(33-40-21-17-16-18-22-40)55(76)69-87(83,84)42-27-25-41(26-28-42)61(29-30-61)68-54(75)43(23-19-31-63-59(62)80)64-56(77)48(35(2)3)67-60(81)82/h16-18,21-22,25-28,35-39,43-46,48-52,67H,15,19-20,23-24,29-34H2,1-14H3,(H,64,77)(H,65,74)(H,66,78)(H,68,75)(H,69,76)(H,81,82)(H3,62,63,80)/t38-,39+,43-,44-,45-,46+,48-,49-,50-,51-,52+/m0/s1. The molecule has 2 aromatic rings. The normalized spacial score (nSPS) is 18.2. The van der Waals surface area contributed by atoms with Crippen LogP contribution in [0.15, 0.2) is 59.5 Å². The summed E-state index contributed by atoms with van der Waals surface area (Å²) < 4.78 is 42.3. The van der Waals surface area contributed by atoms with Gasteiger partial charge in [0.05, 0.1) is 53.1 Å². The van der Waals surface area contributed by atoms with E-state index in [0.717, 1.165) is 0 Å². The number of benzene rings is 2. The number of ether oxygens (including phenoxy) is 2. The van der Waals surface area contributed by atoms with Crippen molar-refractivity contribution in [2.24, 2.45) is 35.3 Å². The van der Waals surface area contributed by atoms with Crippen molar-refractivity contribution in [1.82, 2.24) is 51.3 Å². The number of nitrogens with two attached hydrogens (primary N) is 1. The Balaban J connectivity index is 1.52. The minimum absolute atomic E-state index is 0.0203. The number of hydrogen-bond donors (Lipinski definition) is 9. The van der Waals surface area contributed by atoms with E-state index in [-0.39, 0.29) is 72.6 Å². The van der Waals surface area contributed by atoms with E-state index in [1.54, 1.807) is 68.0 Å². The summed E-state index contributed by atoms with van der Waals surface area (Å²) in [6.45, 7) is 16.9. The lowest BCUT2D eigenvalue weighted by atomic mass is 9.89. The van der Waals surface area contributed by atoms with Gasteiger partial charge in [0.2, 0.25) is 35.4 Å². The number of carboxylic acid groups (broad SMARTS) is 1. The van der Waals surface area contributed by atoms with Crippen LogP contribution in [0.5, 0.6) is 0 Å². The number of nitrogens with zero attached hydrogens (tertiary/aromatic N) is 3. The largest absolute Gasteiger partial charge is 0.465 e. The molecule has 11 atom stereocenters. The molecule has 10 N–H and O–H groups in total. The number of rotatable bonds is 34. The monoisotopic (exact) mass is 1240 g/mol. The molecule has 1 saturated carbocycles. The van der Waals surface area contributed by atoms with Crippen LogP contribution in [0.1, 0.15) is 125 Å². The second-order valence-electron chi connectivity index (χ2n) is 24.5. The third-order valence-electron chi connectivity index (χ3n) is 16.8. The zero-order chi connectivity index (χ0) is 65.2. The number of likely N-dealkylation sites (N-methyl/N-ethyl adjacent to an activating group) is 2. The quantitative estimate of drug-likeness (QED) is 0.0455.